The fourth-order valence-electron chi connectivity index (χ4n) is 18.9. The van der Waals surface area contributed by atoms with Crippen molar-refractivity contribution in [3.8, 4) is 56.9 Å². The van der Waals surface area contributed by atoms with Crippen LogP contribution in [0.25, 0.3) is 85.2 Å². The number of aliphatic hydroxyl groups excluding tert-OH is 1. The van der Waals surface area contributed by atoms with Crippen molar-refractivity contribution in [1.29, 1.82) is 0 Å². The topological polar surface area (TPSA) is 439 Å². The van der Waals surface area contributed by atoms with Crippen LogP contribution in [0.4, 0.5) is 73.0 Å². The summed E-state index contributed by atoms with van der Waals surface area (Å²) in [5.41, 5.74) is 6.12. The summed E-state index contributed by atoms with van der Waals surface area (Å²) < 4.78 is 211. The van der Waals surface area contributed by atoms with E-state index in [4.69, 9.17) is 11.6 Å². The van der Waals surface area contributed by atoms with Gasteiger partial charge in [-0.05, 0) is 130 Å². The largest absolute Gasteiger partial charge is 0.396 e. The number of rotatable bonds is 21. The normalized spacial score (nSPS) is 20.6. The molecule has 0 aliphatic carbocycles. The van der Waals surface area contributed by atoms with Crippen molar-refractivity contribution in [1.82, 2.24) is 128 Å². The van der Waals surface area contributed by atoms with Gasteiger partial charge in [0.15, 0.2) is 28.2 Å². The number of piperazine rings is 1. The van der Waals surface area contributed by atoms with Gasteiger partial charge in [-0.3, -0.25) is 4.79 Å². The lowest BCUT2D eigenvalue weighted by atomic mass is 9.85. The van der Waals surface area contributed by atoms with Crippen molar-refractivity contribution in [2.75, 3.05) is 126 Å². The van der Waals surface area contributed by atoms with E-state index in [1.54, 1.807) is 59.3 Å². The minimum Gasteiger partial charge on any atom is -0.396 e. The standard InChI is InChI=1S/2C20H24F2N6O2S.C19H22F2N6O.C18H18F4N6O2S.C16H16ClN7O/c2*1-12-6-14(10-31(3,29)30)13(2)27(9-12)19-7-16(24-11-25-19)17-8-23-18-5-4-15(20(21)22)26-28(17)18;1-11-5-13(9-28)12(2)26(8-11)18-6-15(23-10-24-18)16-7-22-17-4-3-14(19(20)21)25-27(16)17;1-31(29,30)9-11-8-27(5-4-18(11,21)22)16-6-13(24-10-25-16)14-7-23-15-3-2-12(17(19)20)26-28(14)15;1-11(25)22-4-6-23(7-5-22)16-8-12(19-10-20-16)13-9-18-15-3-2-14(17)21-24(13)15/h2*4-5,7-8,11-14,20H,6,9-10H2,1-3H3;3-4,6-7,10-13,19,28H,5,8-9H2,1-2H3;2-3,6-7,10-11,17H,4-5,8-9H2,1H3;2-3,8-10H,4-7H2,1H3. The van der Waals surface area contributed by atoms with Gasteiger partial charge < -0.3 is 34.5 Å². The highest BCUT2D eigenvalue weighted by Crippen LogP contribution is 2.41. The molecule has 0 spiro atoms. The van der Waals surface area contributed by atoms with E-state index in [1.165, 1.54) is 123 Å². The third-order valence-electron chi connectivity index (χ3n) is 26.3. The Bertz CT molecular complexity index is 7380. The number of nitrogens with zero attached hydrogens (tertiary/aromatic N) is 31. The van der Waals surface area contributed by atoms with Crippen LogP contribution in [0.3, 0.4) is 0 Å². The molecule has 0 bridgehead atoms. The number of halogens is 11. The Hall–Kier alpha value is -13.6. The average molecular weight is 2110 g/mol. The second-order valence-corrected chi connectivity index (χ2v) is 44.3. The second kappa shape index (κ2) is 44.0. The SMILES string of the molecule is CC(=O)N1CCN(c2cc(-c3cnc4ccc(Cl)nn34)ncn2)CC1.CC1CC(CO)C(C)N(c2cc(-c3cnc4ccc(C(F)F)nn34)ncn2)C1.CC1CC(CS(C)(=O)=O)C(C)N(c2cc(-c3cnc4ccc(C(F)F)nn34)ncn2)C1.CC1CC(CS(C)(=O)=O)C(C)N(c2cc(-c3cnc4ccc(C(F)F)nn34)ncn2)C1.CS(=O)(=O)CC1CN(c2cc(-c3cnc4ccc(C(F)F)nn34)ncn2)CCC1(F)F. The third-order valence-corrected chi connectivity index (χ3v) is 29.6. The molecule has 1 amide bonds. The third kappa shape index (κ3) is 24.7. The lowest BCUT2D eigenvalue weighted by Gasteiger charge is -2.43. The molecule has 774 valence electrons. The molecule has 10 unspecified atom stereocenters. The van der Waals surface area contributed by atoms with Crippen LogP contribution >= 0.6 is 11.6 Å². The van der Waals surface area contributed by atoms with Gasteiger partial charge in [-0.15, -0.1) is 0 Å². The Balaban J connectivity index is 0.000000131. The van der Waals surface area contributed by atoms with Crippen LogP contribution in [-0.2, 0) is 34.3 Å². The maximum atomic E-state index is 14.3. The zero-order valence-corrected chi connectivity index (χ0v) is 83.8. The Labute approximate surface area is 836 Å². The Morgan fingerprint density at radius 3 is 0.973 bits per heavy atom. The Morgan fingerprint density at radius 2 is 0.664 bits per heavy atom. The number of anilines is 5. The minimum absolute atomic E-state index is 0.0109. The summed E-state index contributed by atoms with van der Waals surface area (Å²) in [7, 11) is -9.81. The van der Waals surface area contributed by atoms with E-state index in [0.29, 0.717) is 127 Å². The highest BCUT2D eigenvalue weighted by Gasteiger charge is 2.47. The van der Waals surface area contributed by atoms with E-state index in [9.17, 15) is 79.1 Å². The first-order valence-corrected chi connectivity index (χ1v) is 53.1. The van der Waals surface area contributed by atoms with E-state index in [1.807, 2.05) is 36.9 Å². The van der Waals surface area contributed by atoms with Crippen molar-refractivity contribution < 1.29 is 79.1 Å². The monoisotopic (exact) mass is 2100 g/mol. The summed E-state index contributed by atoms with van der Waals surface area (Å²) in [5.74, 6) is -0.387. The number of sulfone groups is 3. The molecule has 1 N–H and O–H groups in total. The number of alkyl halides is 10. The molecule has 10 atom stereocenters. The van der Waals surface area contributed by atoms with Gasteiger partial charge in [-0.25, -0.2) is 166 Å². The van der Waals surface area contributed by atoms with Gasteiger partial charge in [0, 0.05) is 152 Å². The van der Waals surface area contributed by atoms with Crippen LogP contribution in [0.2, 0.25) is 5.15 Å². The maximum Gasteiger partial charge on any atom is 0.282 e. The number of aliphatic hydroxyl groups is 1. The molecule has 20 rings (SSSR count). The van der Waals surface area contributed by atoms with E-state index >= 15 is 0 Å². The number of amides is 1. The van der Waals surface area contributed by atoms with Crippen LogP contribution < -0.4 is 24.5 Å². The van der Waals surface area contributed by atoms with E-state index < -0.39 is 84.9 Å². The summed E-state index contributed by atoms with van der Waals surface area (Å²) >= 11 is 5.99. The number of carbonyl (C=O) groups excluding carboxylic acids is 1. The van der Waals surface area contributed by atoms with Crippen molar-refractivity contribution in [2.45, 2.75) is 124 Å². The lowest BCUT2D eigenvalue weighted by molar-refractivity contribution is -0.129. The fourth-order valence-corrected chi connectivity index (χ4v) is 22.5. The number of hydrogen-bond acceptors (Lipinski definition) is 33. The molecular weight excluding hydrogens is 2000 g/mol. The Kier molecular flexibility index (Phi) is 31.7. The summed E-state index contributed by atoms with van der Waals surface area (Å²) in [5, 5.41) is 30.3. The van der Waals surface area contributed by atoms with Crippen molar-refractivity contribution >= 4 is 104 Å². The molecular formula is C93H104ClF10N31O8S3. The van der Waals surface area contributed by atoms with Gasteiger partial charge >= 0.3 is 0 Å². The molecule has 0 aromatic carbocycles. The first-order valence-electron chi connectivity index (χ1n) is 46.6. The molecule has 15 aromatic heterocycles. The van der Waals surface area contributed by atoms with Crippen LogP contribution in [-0.4, -0.2) is 290 Å². The highest BCUT2D eigenvalue weighted by molar-refractivity contribution is 7.91. The molecule has 20 heterocycles. The number of hydrogen-bond donors (Lipinski definition) is 1. The van der Waals surface area contributed by atoms with Crippen molar-refractivity contribution in [2.24, 2.45) is 41.4 Å². The Morgan fingerprint density at radius 1 is 0.377 bits per heavy atom. The van der Waals surface area contributed by atoms with Crippen LogP contribution in [0.15, 0.2) is 154 Å². The average Bonchev–Trinajstić information content (AvgIpc) is 1.43. The number of aromatic nitrogens is 25. The molecule has 39 nitrogen and oxygen atoms in total. The van der Waals surface area contributed by atoms with Crippen molar-refractivity contribution in [3.05, 3.63) is 182 Å². The molecule has 5 aliphatic heterocycles. The van der Waals surface area contributed by atoms with Gasteiger partial charge in [0.1, 0.15) is 147 Å². The van der Waals surface area contributed by atoms with E-state index in [2.05, 4.69) is 148 Å². The quantitative estimate of drug-likeness (QED) is 0.0653. The lowest BCUT2D eigenvalue weighted by Crippen LogP contribution is -2.50. The number of carbonyl (C=O) groups is 1. The van der Waals surface area contributed by atoms with Gasteiger partial charge in [-0.1, -0.05) is 32.4 Å². The fraction of sp³-hybridized carbons (Fsp3) is 0.452. The van der Waals surface area contributed by atoms with Crippen molar-refractivity contribution in [3.63, 3.8) is 0 Å². The van der Waals surface area contributed by atoms with Gasteiger partial charge in [-0.2, -0.15) is 25.5 Å². The van der Waals surface area contributed by atoms with E-state index in [0.717, 1.165) is 81.3 Å². The summed E-state index contributed by atoms with van der Waals surface area (Å²) in [6, 6.07) is 23.2. The zero-order chi connectivity index (χ0) is 104. The van der Waals surface area contributed by atoms with E-state index in [-0.39, 0.29) is 90.1 Å². The predicted octanol–water partition coefficient (Wildman–Crippen LogP) is 13.1. The van der Waals surface area contributed by atoms with Crippen LogP contribution in [0.5, 0.6) is 0 Å². The van der Waals surface area contributed by atoms with Crippen LogP contribution in [0, 0.1) is 41.4 Å². The smallest absolute Gasteiger partial charge is 0.282 e. The minimum atomic E-state index is -3.60. The zero-order valence-electron chi connectivity index (χ0n) is 80.6. The number of piperidine rings is 4. The number of imidazole rings is 5. The first kappa shape index (κ1) is 105. The molecule has 0 saturated carbocycles. The molecule has 0 radical (unpaired) electrons. The molecule has 53 heteroatoms. The van der Waals surface area contributed by atoms with Gasteiger partial charge in [0.05, 0.1) is 82.6 Å². The molecule has 15 aromatic rings. The first-order chi connectivity index (χ1) is 69.4. The second-order valence-electron chi connectivity index (χ2n) is 37.4. The molecule has 5 saturated heterocycles. The summed E-state index contributed by atoms with van der Waals surface area (Å²) in [6.07, 6.45) is 9.60. The van der Waals surface area contributed by atoms with Gasteiger partial charge in [0.25, 0.3) is 31.6 Å². The molecule has 5 aliphatic rings. The summed E-state index contributed by atoms with van der Waals surface area (Å²) in [4.78, 5) is 87.7. The number of fused-ring (bicyclic) bond motifs is 5. The predicted molar refractivity (Wildman–Crippen MR) is 523 cm³/mol. The molecule has 146 heavy (non-hydrogen) atoms. The van der Waals surface area contributed by atoms with Crippen LogP contribution in [0.1, 0.15) is 123 Å². The maximum absolute atomic E-state index is 14.3. The molecule has 5 fully saturated rings. The highest BCUT2D eigenvalue weighted by atomic mass is 35.5. The summed E-state index contributed by atoms with van der Waals surface area (Å²) in [6.45, 7) is 19.1. The van der Waals surface area contributed by atoms with Gasteiger partial charge in [0.2, 0.25) is 5.91 Å².